The number of carbonyl (C=O) groups is 1. The Kier molecular flexibility index (Phi) is 8.14. The number of benzene rings is 1. The summed E-state index contributed by atoms with van der Waals surface area (Å²) in [7, 11) is 0. The summed E-state index contributed by atoms with van der Waals surface area (Å²) in [6, 6.07) is 8.16. The predicted molar refractivity (Wildman–Crippen MR) is 135 cm³/mol. The fraction of sp³-hybridized carbons (Fsp3) is 0.571. The van der Waals surface area contributed by atoms with E-state index in [1.807, 2.05) is 4.90 Å². The van der Waals surface area contributed by atoms with E-state index in [0.29, 0.717) is 43.9 Å². The number of hydrogen-bond acceptors (Lipinski definition) is 6. The van der Waals surface area contributed by atoms with Gasteiger partial charge in [0.25, 0.3) is 0 Å². The summed E-state index contributed by atoms with van der Waals surface area (Å²) >= 11 is 0. The van der Waals surface area contributed by atoms with E-state index in [-0.39, 0.29) is 18.0 Å². The van der Waals surface area contributed by atoms with Gasteiger partial charge in [0, 0.05) is 44.1 Å². The Morgan fingerprint density at radius 2 is 2.11 bits per heavy atom. The van der Waals surface area contributed by atoms with E-state index in [2.05, 4.69) is 17.4 Å². The van der Waals surface area contributed by atoms with Gasteiger partial charge in [-0.2, -0.15) is 0 Å². The van der Waals surface area contributed by atoms with Crippen LogP contribution in [-0.4, -0.2) is 59.9 Å². The van der Waals surface area contributed by atoms with Crippen LogP contribution in [0.3, 0.4) is 0 Å². The molecule has 3 aliphatic rings. The van der Waals surface area contributed by atoms with Crippen molar-refractivity contribution in [1.29, 1.82) is 0 Å². The fourth-order valence-electron chi connectivity index (χ4n) is 5.55. The fourth-order valence-corrected chi connectivity index (χ4v) is 5.55. The number of aliphatic carboxylic acids is 1. The summed E-state index contributed by atoms with van der Waals surface area (Å²) in [4.78, 5) is 18.8. The molecule has 0 amide bonds. The van der Waals surface area contributed by atoms with Crippen LogP contribution in [0.1, 0.15) is 73.1 Å². The van der Waals surface area contributed by atoms with Gasteiger partial charge in [-0.05, 0) is 68.2 Å². The van der Waals surface area contributed by atoms with Gasteiger partial charge in [-0.15, -0.1) is 0 Å². The number of carboxylic acid groups (broad SMARTS) is 1. The average molecular weight is 498 g/mol. The molecule has 8 heteroatoms. The second-order valence-electron chi connectivity index (χ2n) is 10.1. The topological polar surface area (TPSA) is 83.9 Å². The number of nitrogens with one attached hydrogen (secondary N) is 1. The van der Waals surface area contributed by atoms with Crippen LogP contribution < -0.4 is 5.32 Å². The van der Waals surface area contributed by atoms with Crippen LogP contribution in [0.2, 0.25) is 0 Å². The molecule has 4 heterocycles. The number of hydrogen-bond donors (Lipinski definition) is 2. The number of ether oxygens (including phenoxy) is 2. The van der Waals surface area contributed by atoms with Gasteiger partial charge in [-0.1, -0.05) is 24.6 Å². The standard InChI is InChI=1S/C28H36FN3O4/c29-23-10-4-9-22(25(23)24-11-6-16-36-24)26(28(33)34)32-17-21(18-32)35-15-3-1-2-8-20-13-12-19-7-5-14-30-27(19)31-20/h4,9-10,12-13,21,24,26H,1-3,5-8,11,14-18H2,(H,30,31)(H,33,34). The molecule has 1 aromatic carbocycles. The number of carboxylic acids is 1. The van der Waals surface area contributed by atoms with E-state index in [4.69, 9.17) is 14.5 Å². The molecule has 36 heavy (non-hydrogen) atoms. The maximum atomic E-state index is 14.7. The minimum Gasteiger partial charge on any atom is -0.480 e. The summed E-state index contributed by atoms with van der Waals surface area (Å²) < 4.78 is 26.4. The Morgan fingerprint density at radius 3 is 2.92 bits per heavy atom. The third-order valence-electron chi connectivity index (χ3n) is 7.49. The van der Waals surface area contributed by atoms with Gasteiger partial charge in [-0.3, -0.25) is 9.69 Å². The van der Waals surface area contributed by atoms with Crippen molar-refractivity contribution in [3.63, 3.8) is 0 Å². The maximum absolute atomic E-state index is 14.7. The van der Waals surface area contributed by atoms with Crippen molar-refractivity contribution in [1.82, 2.24) is 9.88 Å². The second-order valence-corrected chi connectivity index (χ2v) is 10.1. The zero-order valence-electron chi connectivity index (χ0n) is 20.8. The van der Waals surface area contributed by atoms with Crippen molar-refractivity contribution in [2.45, 2.75) is 69.6 Å². The monoisotopic (exact) mass is 497 g/mol. The number of aromatic nitrogens is 1. The lowest BCUT2D eigenvalue weighted by Crippen LogP contribution is -2.55. The van der Waals surface area contributed by atoms with Crippen LogP contribution in [0.25, 0.3) is 0 Å². The lowest BCUT2D eigenvalue weighted by atomic mass is 9.92. The third-order valence-corrected chi connectivity index (χ3v) is 7.49. The molecular weight excluding hydrogens is 461 g/mol. The van der Waals surface area contributed by atoms with E-state index in [9.17, 15) is 14.3 Å². The molecule has 0 saturated carbocycles. The largest absolute Gasteiger partial charge is 0.480 e. The molecular formula is C28H36FN3O4. The van der Waals surface area contributed by atoms with Gasteiger partial charge < -0.3 is 19.9 Å². The average Bonchev–Trinajstić information content (AvgIpc) is 3.38. The quantitative estimate of drug-likeness (QED) is 0.437. The summed E-state index contributed by atoms with van der Waals surface area (Å²) in [5.41, 5.74) is 3.35. The third kappa shape index (κ3) is 5.71. The Morgan fingerprint density at radius 1 is 1.22 bits per heavy atom. The van der Waals surface area contributed by atoms with E-state index in [1.54, 1.807) is 12.1 Å². The first-order valence-corrected chi connectivity index (χ1v) is 13.3. The summed E-state index contributed by atoms with van der Waals surface area (Å²) in [6.45, 7) is 3.31. The van der Waals surface area contributed by atoms with Crippen LogP contribution in [0.4, 0.5) is 10.2 Å². The molecule has 7 nitrogen and oxygen atoms in total. The molecule has 2 atom stereocenters. The zero-order chi connectivity index (χ0) is 24.9. The van der Waals surface area contributed by atoms with Crippen LogP contribution in [0.15, 0.2) is 30.3 Å². The number of rotatable bonds is 11. The molecule has 2 unspecified atom stereocenters. The van der Waals surface area contributed by atoms with Gasteiger partial charge in [0.05, 0.1) is 12.2 Å². The number of likely N-dealkylation sites (tertiary alicyclic amines) is 1. The van der Waals surface area contributed by atoms with Crippen molar-refractivity contribution >= 4 is 11.8 Å². The number of nitrogens with zero attached hydrogens (tertiary/aromatic N) is 2. The number of halogens is 1. The summed E-state index contributed by atoms with van der Waals surface area (Å²) in [5.74, 6) is -0.303. The second kappa shape index (κ2) is 11.7. The minimum atomic E-state index is -0.968. The van der Waals surface area contributed by atoms with E-state index in [1.165, 1.54) is 18.1 Å². The van der Waals surface area contributed by atoms with Crippen LogP contribution >= 0.6 is 0 Å². The van der Waals surface area contributed by atoms with E-state index in [0.717, 1.165) is 56.6 Å². The van der Waals surface area contributed by atoms with Gasteiger partial charge in [0.15, 0.2) is 0 Å². The highest BCUT2D eigenvalue weighted by Gasteiger charge is 2.40. The Bertz CT molecular complexity index is 1050. The number of anilines is 1. The molecule has 2 N–H and O–H groups in total. The van der Waals surface area contributed by atoms with E-state index >= 15 is 0 Å². The molecule has 0 aliphatic carbocycles. The van der Waals surface area contributed by atoms with Gasteiger partial charge in [-0.25, -0.2) is 9.37 Å². The first-order valence-electron chi connectivity index (χ1n) is 13.3. The predicted octanol–water partition coefficient (Wildman–Crippen LogP) is 4.67. The van der Waals surface area contributed by atoms with Crippen molar-refractivity contribution in [2.75, 3.05) is 38.2 Å². The molecule has 2 fully saturated rings. The highest BCUT2D eigenvalue weighted by atomic mass is 19.1. The molecule has 5 rings (SSSR count). The highest BCUT2D eigenvalue weighted by Crippen LogP contribution is 2.38. The number of fused-ring (bicyclic) bond motifs is 1. The smallest absolute Gasteiger partial charge is 0.325 e. The molecule has 0 spiro atoms. The van der Waals surface area contributed by atoms with E-state index < -0.39 is 12.0 Å². The number of aryl methyl sites for hydroxylation is 2. The summed E-state index contributed by atoms with van der Waals surface area (Å²) in [5, 5.41) is 13.4. The van der Waals surface area contributed by atoms with Gasteiger partial charge in [0.1, 0.15) is 17.7 Å². The van der Waals surface area contributed by atoms with Crippen LogP contribution in [-0.2, 0) is 27.1 Å². The van der Waals surface area contributed by atoms with Crippen LogP contribution in [0.5, 0.6) is 0 Å². The highest BCUT2D eigenvalue weighted by molar-refractivity contribution is 5.76. The van der Waals surface area contributed by atoms with Crippen molar-refractivity contribution in [3.8, 4) is 0 Å². The molecule has 194 valence electrons. The molecule has 0 radical (unpaired) electrons. The molecule has 2 saturated heterocycles. The first-order chi connectivity index (χ1) is 17.6. The van der Waals surface area contributed by atoms with Crippen molar-refractivity contribution in [3.05, 3.63) is 58.5 Å². The Hall–Kier alpha value is -2.55. The number of pyridine rings is 1. The molecule has 3 aliphatic heterocycles. The lowest BCUT2D eigenvalue weighted by molar-refractivity contribution is -0.151. The van der Waals surface area contributed by atoms with Crippen molar-refractivity contribution < 1.29 is 23.8 Å². The molecule has 1 aromatic heterocycles. The lowest BCUT2D eigenvalue weighted by Gasteiger charge is -2.43. The number of unbranched alkanes of at least 4 members (excludes halogenated alkanes) is 2. The SMILES string of the molecule is O=C(O)C(c1cccc(F)c1C1CCCO1)N1CC(OCCCCCc2ccc3c(n2)NCCC3)C1. The summed E-state index contributed by atoms with van der Waals surface area (Å²) in [6.07, 6.45) is 7.56. The van der Waals surface area contributed by atoms with Gasteiger partial charge >= 0.3 is 5.97 Å². The Labute approximate surface area is 212 Å². The Balaban J connectivity index is 1.05. The van der Waals surface area contributed by atoms with Crippen molar-refractivity contribution in [2.24, 2.45) is 0 Å². The van der Waals surface area contributed by atoms with Crippen LogP contribution in [0, 0.1) is 5.82 Å². The first kappa shape index (κ1) is 25.1. The normalized spacial score (nSPS) is 21.0. The molecule has 2 aromatic rings. The minimum absolute atomic E-state index is 0.0139. The molecule has 0 bridgehead atoms. The zero-order valence-corrected chi connectivity index (χ0v) is 20.8. The maximum Gasteiger partial charge on any atom is 0.325 e. The van der Waals surface area contributed by atoms with Gasteiger partial charge in [0.2, 0.25) is 0 Å².